The number of hydrogen-bond donors (Lipinski definition) is 0. The van der Waals surface area contributed by atoms with Gasteiger partial charge in [-0.05, 0) is 66.1 Å². The number of halogens is 5. The van der Waals surface area contributed by atoms with E-state index < -0.39 is 266 Å². The van der Waals surface area contributed by atoms with Crippen LogP contribution in [0.2, 0.25) is 0 Å². The number of carbonyl (C=O) groups is 1. The molecule has 6 nitrogen and oxygen atoms in total. The Morgan fingerprint density at radius 3 is 2.51 bits per heavy atom. The van der Waals surface area contributed by atoms with Crippen molar-refractivity contribution < 1.29 is 82.2 Å². The summed E-state index contributed by atoms with van der Waals surface area (Å²) < 4.78 is 401. The first-order chi connectivity index (χ1) is 40.0. The lowest BCUT2D eigenvalue weighted by Crippen LogP contribution is -2.48. The van der Waals surface area contributed by atoms with Crippen molar-refractivity contribution in [2.75, 3.05) is 33.1 Å². The maximum Gasteiger partial charge on any atom is 0.416 e. The molecule has 1 fully saturated rings. The van der Waals surface area contributed by atoms with Gasteiger partial charge in [0.15, 0.2) is 17.1 Å². The molecule has 0 spiro atoms. The van der Waals surface area contributed by atoms with E-state index in [0.29, 0.717) is 6.92 Å². The fraction of sp³-hybridized carbons (Fsp3) is 0.317. The van der Waals surface area contributed by atoms with Gasteiger partial charge in [-0.15, -0.1) is 11.8 Å². The largest absolute Gasteiger partial charge is 0.416 e. The summed E-state index contributed by atoms with van der Waals surface area (Å²) >= 11 is -1.01. The molecule has 1 aliphatic heterocycles. The number of likely N-dealkylation sites (tertiary alicyclic amines) is 1. The Hall–Kier alpha value is -4.52. The van der Waals surface area contributed by atoms with Gasteiger partial charge in [0.05, 0.1) is 56.9 Å². The number of fused-ring (bicyclic) bond motifs is 1. The van der Waals surface area contributed by atoms with E-state index in [4.69, 9.17) is 38.4 Å². The zero-order valence-electron chi connectivity index (χ0n) is 62.9. The van der Waals surface area contributed by atoms with Crippen LogP contribution in [0.15, 0.2) is 100 Å². The zero-order valence-corrected chi connectivity index (χ0v) is 26.7. The Balaban J connectivity index is 1.90. The van der Waals surface area contributed by atoms with Crippen molar-refractivity contribution >= 4 is 28.6 Å². The second kappa shape index (κ2) is 16.7. The summed E-state index contributed by atoms with van der Waals surface area (Å²) in [6, 6.07) is -32.0. The van der Waals surface area contributed by atoms with Crippen LogP contribution in [0.3, 0.4) is 0 Å². The van der Waals surface area contributed by atoms with Gasteiger partial charge in [-0.25, -0.2) is 8.78 Å². The number of nitrogens with zero attached hydrogens (tertiary/aromatic N) is 3. The molecule has 0 bridgehead atoms. The van der Waals surface area contributed by atoms with Gasteiger partial charge < -0.3 is 19.1 Å². The molecule has 1 aliphatic rings. The van der Waals surface area contributed by atoms with E-state index in [2.05, 4.69) is 4.74 Å². The number of amides is 1. The second-order valence-electron chi connectivity index (χ2n) is 9.74. The number of alkyl halides is 3. The molecule has 0 aliphatic carbocycles. The van der Waals surface area contributed by atoms with E-state index >= 15 is 13.6 Å². The molecule has 0 unspecified atom stereocenters. The fourth-order valence-electron chi connectivity index (χ4n) is 4.05. The van der Waals surface area contributed by atoms with Crippen LogP contribution < -0.4 is 5.43 Å². The smallest absolute Gasteiger partial charge is 0.383 e. The topological polar surface area (TPSA) is 54.8 Å². The number of methoxy groups -OCH3 is 1. The van der Waals surface area contributed by atoms with E-state index in [0.717, 1.165) is 0 Å². The summed E-state index contributed by atoms with van der Waals surface area (Å²) in [7, 11) is -4.12. The van der Waals surface area contributed by atoms with Gasteiger partial charge in [0.1, 0.15) is 6.50 Å². The van der Waals surface area contributed by atoms with Crippen molar-refractivity contribution in [3.05, 3.63) is 135 Å². The predicted octanol–water partition coefficient (Wildman–Crippen LogP) is 8.71. The van der Waals surface area contributed by atoms with Gasteiger partial charge in [0.2, 0.25) is 5.91 Å². The van der Waals surface area contributed by atoms with Crippen molar-refractivity contribution in [1.82, 2.24) is 14.4 Å². The van der Waals surface area contributed by atoms with Crippen LogP contribution in [-0.4, -0.2) is 59.4 Å². The molecular weight excluding hydrogens is 710 g/mol. The quantitative estimate of drug-likeness (QED) is 0.0937. The Labute approximate surface area is 361 Å². The van der Waals surface area contributed by atoms with Crippen LogP contribution in [0.1, 0.15) is 85.7 Å². The molecule has 1 amide bonds. The summed E-state index contributed by atoms with van der Waals surface area (Å²) in [5, 5.41) is -3.65. The van der Waals surface area contributed by atoms with Crippen molar-refractivity contribution in [1.29, 1.82) is 0 Å². The molecule has 0 radical (unpaired) electrons. The third-order valence-electron chi connectivity index (χ3n) is 6.36. The summed E-state index contributed by atoms with van der Waals surface area (Å²) in [6.45, 7) is -30.2. The minimum absolute atomic E-state index is 0.553. The van der Waals surface area contributed by atoms with Gasteiger partial charge in [-0.1, -0.05) is 60.4 Å². The third kappa shape index (κ3) is 9.00. The average Bonchev–Trinajstić information content (AvgIpc) is 0.652. The van der Waals surface area contributed by atoms with E-state index in [1.807, 2.05) is 0 Å². The number of para-hydroxylation sites is 1. The molecule has 0 saturated carbocycles. The van der Waals surface area contributed by atoms with Crippen LogP contribution in [0, 0.1) is 18.6 Å². The van der Waals surface area contributed by atoms with Gasteiger partial charge in [-0.2, -0.15) is 13.2 Å². The Bertz CT molecular complexity index is 3850. The molecule has 278 valence electrons. The summed E-state index contributed by atoms with van der Waals surface area (Å²) in [5.41, 5.74) is -18.3. The number of ether oxygens (including phenoxy) is 1. The van der Waals surface area contributed by atoms with E-state index in [1.165, 1.54) is 0 Å². The van der Waals surface area contributed by atoms with E-state index in [9.17, 15) is 30.3 Å². The van der Waals surface area contributed by atoms with Gasteiger partial charge >= 0.3 is 6.18 Å². The Morgan fingerprint density at radius 2 is 1.77 bits per heavy atom. The second-order valence-corrected chi connectivity index (χ2v) is 10.5. The van der Waals surface area contributed by atoms with Crippen molar-refractivity contribution in [3.8, 4) is 11.1 Å². The molecule has 0 N–H and O–H groups in total. The summed E-state index contributed by atoms with van der Waals surface area (Å²) in [6.07, 6.45) is -16.4. The molecule has 1 aromatic heterocycles. The molecule has 4 aromatic carbocycles. The molecule has 5 aromatic rings. The predicted molar refractivity (Wildman–Crippen MR) is 198 cm³/mol. The number of benzene rings is 4. The highest BCUT2D eigenvalue weighted by molar-refractivity contribution is 7.98. The van der Waals surface area contributed by atoms with Crippen LogP contribution in [0.5, 0.6) is 0 Å². The zero-order chi connectivity index (χ0) is 70.3. The van der Waals surface area contributed by atoms with E-state index in [1.54, 1.807) is 0 Å². The molecule has 12 heteroatoms. The Kier molecular flexibility index (Phi) is 4.19. The lowest BCUT2D eigenvalue weighted by molar-refractivity contribution is -0.138. The summed E-state index contributed by atoms with van der Waals surface area (Å²) in [4.78, 5) is 27.4. The molecule has 0 atom stereocenters. The average molecular weight is 787 g/mol. The maximum absolute atomic E-state index is 16.2. The normalized spacial score (nSPS) is 30.3. The Morgan fingerprint density at radius 1 is 1.04 bits per heavy atom. The minimum Gasteiger partial charge on any atom is -0.383 e. The van der Waals surface area contributed by atoms with E-state index in [-0.39, 0.29) is 0 Å². The first-order valence-corrected chi connectivity index (χ1v) is 14.7. The van der Waals surface area contributed by atoms with Crippen LogP contribution in [0.4, 0.5) is 22.0 Å². The molecule has 1 saturated heterocycles. The maximum atomic E-state index is 16.2. The van der Waals surface area contributed by atoms with Crippen LogP contribution >= 0.6 is 11.8 Å². The third-order valence-corrected chi connectivity index (χ3v) is 7.14. The first kappa shape index (κ1) is 13.3. The molecule has 2 heterocycles. The van der Waals surface area contributed by atoms with Gasteiger partial charge in [-0.3, -0.25) is 9.59 Å². The number of rotatable bonds is 12. The fourth-order valence-corrected chi connectivity index (χ4v) is 4.76. The van der Waals surface area contributed by atoms with Crippen molar-refractivity contribution in [3.63, 3.8) is 0 Å². The highest BCUT2D eigenvalue weighted by atomic mass is 32.2. The molecule has 6 rings (SSSR count). The highest BCUT2D eigenvalue weighted by Gasteiger charge is 2.32. The highest BCUT2D eigenvalue weighted by Crippen LogP contribution is 2.34. The summed E-state index contributed by atoms with van der Waals surface area (Å²) in [5.74, 6) is -8.29. The SMILES string of the molecule is [2H]c1c([2H])c(F)c(F)c(C([2H])([2H])Sc2c([2H])c(=O)c3c([2H])c([2H])c([2H])c([2H])c3n2C([2H])([2H])C(=O)N(C([2H])([2H])c2c([2H])c([2H])c(-c3c([2H])c([2H])c(C(F)(F)F)c(C)c3[2H])c([2H])c2[2H])C2([2H])C([2H])([2H])C([2H])([2H])N(C([2H])([2H])C([2H])([2H])OC([2H])([2H])[2H])C([2H])([2H])C2([2H])[2H])c1[2H]. The first-order valence-electron chi connectivity index (χ1n) is 32.4. The van der Waals surface area contributed by atoms with Gasteiger partial charge in [0.25, 0.3) is 0 Å². The number of piperidine rings is 1. The number of pyridine rings is 1. The van der Waals surface area contributed by atoms with Gasteiger partial charge in [0, 0.05) is 78.2 Å². The lowest BCUT2D eigenvalue weighted by Gasteiger charge is -2.39. The van der Waals surface area contributed by atoms with Crippen molar-refractivity contribution in [2.24, 2.45) is 0 Å². The minimum atomic E-state index is -5.69. The number of thioether (sulfide) groups is 1. The standard InChI is InChI=1S/C41H40F5N3O3S/c1-27-22-30(14-15-34(27)41(44,45)46)29-12-10-28(11-13-29)24-48(32-16-18-47(19-17-32)20-21-52-2)38(51)25-49-36-9-4-3-7-33(36)37(50)23-39(49)53-26-31-6-5-8-35(42)40(31)43/h3-15,22-23,32H,16-21,24-26H2,1-2H3/i2D3,3D,4D,5D,6D,7D,8D,9D,10D,11D,12D,13D,14D,15D,16D2,17D2,18D2,19D2,20D2,21D2,22D,23D,24D2,25D2,26D2,32D. The van der Waals surface area contributed by atoms with Crippen LogP contribution in [-0.2, 0) is 34.4 Å². The number of carbonyl (C=O) groups excluding carboxylic acids is 1. The molecule has 53 heavy (non-hydrogen) atoms. The van der Waals surface area contributed by atoms with Crippen LogP contribution in [0.25, 0.3) is 22.0 Å². The van der Waals surface area contributed by atoms with Crippen molar-refractivity contribution in [2.45, 2.75) is 55.6 Å². The monoisotopic (exact) mass is 787 g/mol. The number of aromatic nitrogens is 1. The molecular formula is C41H40F5N3O3S. The lowest BCUT2D eigenvalue weighted by atomic mass is 9.98. The number of hydrogen-bond acceptors (Lipinski definition) is 5.